The highest BCUT2D eigenvalue weighted by Gasteiger charge is 2.45. The normalized spacial score (nSPS) is 31.0. The summed E-state index contributed by atoms with van der Waals surface area (Å²) in [6, 6.07) is -1.39. The Kier molecular flexibility index (Phi) is 10.5. The van der Waals surface area contributed by atoms with Crippen LogP contribution < -0.4 is 5.32 Å². The second-order valence-corrected chi connectivity index (χ2v) is 9.17. The summed E-state index contributed by atoms with van der Waals surface area (Å²) in [7, 11) is -4.59. The van der Waals surface area contributed by atoms with Crippen molar-refractivity contribution in [2.45, 2.75) is 75.7 Å². The van der Waals surface area contributed by atoms with Gasteiger partial charge in [-0.3, -0.25) is 14.1 Å². The Morgan fingerprint density at radius 3 is 2.56 bits per heavy atom. The first-order chi connectivity index (χ1) is 15.0. The number of nitrogens with zero attached hydrogens (tertiary/aromatic N) is 1. The maximum Gasteiger partial charge on any atom is 0.469 e. The molecule has 2 rings (SSSR count). The van der Waals surface area contributed by atoms with E-state index in [-0.39, 0.29) is 31.6 Å². The average Bonchev–Trinajstić information content (AvgIpc) is 3.19. The number of phosphoric acid groups is 1. The first kappa shape index (κ1) is 27.1. The molecule has 0 saturated carbocycles. The number of likely N-dealkylation sites (tertiary alicyclic amines) is 1. The fourth-order valence-electron chi connectivity index (χ4n) is 3.85. The van der Waals surface area contributed by atoms with Crippen molar-refractivity contribution < 1.29 is 53.3 Å². The maximum absolute atomic E-state index is 12.5. The topological polar surface area (TPSA) is 195 Å². The van der Waals surface area contributed by atoms with Crippen LogP contribution in [0.25, 0.3) is 0 Å². The van der Waals surface area contributed by atoms with Crippen molar-refractivity contribution >= 4 is 19.6 Å². The summed E-state index contributed by atoms with van der Waals surface area (Å²) in [5.41, 5.74) is 0. The molecular formula is C18H33N2O11P. The molecule has 14 heteroatoms. The van der Waals surface area contributed by atoms with Crippen LogP contribution in [-0.2, 0) is 28.2 Å². The molecule has 6 N–H and O–H groups in total. The van der Waals surface area contributed by atoms with Gasteiger partial charge < -0.3 is 44.8 Å². The van der Waals surface area contributed by atoms with Gasteiger partial charge in [-0.25, -0.2) is 4.57 Å². The number of phosphoric ester groups is 1. The molecule has 2 amide bonds. The first-order valence-electron chi connectivity index (χ1n) is 10.5. The van der Waals surface area contributed by atoms with Gasteiger partial charge in [-0.05, 0) is 25.7 Å². The third kappa shape index (κ3) is 8.01. The van der Waals surface area contributed by atoms with E-state index in [0.29, 0.717) is 25.8 Å². The molecule has 6 atom stereocenters. The molecule has 2 fully saturated rings. The highest BCUT2D eigenvalue weighted by atomic mass is 31.2. The van der Waals surface area contributed by atoms with E-state index >= 15 is 0 Å². The van der Waals surface area contributed by atoms with Crippen molar-refractivity contribution in [2.75, 3.05) is 26.4 Å². The molecule has 2 heterocycles. The second kappa shape index (κ2) is 12.4. The summed E-state index contributed by atoms with van der Waals surface area (Å²) in [6.45, 7) is 1.13. The Labute approximate surface area is 185 Å². The van der Waals surface area contributed by atoms with Crippen molar-refractivity contribution in [3.05, 3.63) is 0 Å². The van der Waals surface area contributed by atoms with Gasteiger partial charge in [-0.2, -0.15) is 0 Å². The second-order valence-electron chi connectivity index (χ2n) is 7.93. The molecule has 0 aromatic heterocycles. The SMILES string of the molecule is CC(=O)N[C@H]1C(O)[C@@H](O)C(CO)O[C@H]1OCCCCC(=O)N1CCC[C@H]1COP(=O)(O)O. The zero-order valence-electron chi connectivity index (χ0n) is 17.9. The standard InChI is InChI=1S/C18H33N2O11P/c1-11(22)19-15-17(25)16(24)13(9-21)31-18(15)29-8-3-2-6-14(23)20-7-4-5-12(20)10-30-32(26,27)28/h12-13,15-18,21,24-25H,2-10H2,1H3,(H,19,22)(H2,26,27,28)/t12-,13?,15-,16-,17?,18+/m0/s1. The number of hydrogen-bond donors (Lipinski definition) is 6. The van der Waals surface area contributed by atoms with Crippen LogP contribution in [0.1, 0.15) is 39.0 Å². The minimum Gasteiger partial charge on any atom is -0.394 e. The zero-order chi connectivity index (χ0) is 23.9. The number of nitrogens with one attached hydrogen (secondary N) is 1. The van der Waals surface area contributed by atoms with E-state index in [0.717, 1.165) is 6.42 Å². The predicted molar refractivity (Wildman–Crippen MR) is 108 cm³/mol. The van der Waals surface area contributed by atoms with Crippen LogP contribution in [0.3, 0.4) is 0 Å². The van der Waals surface area contributed by atoms with Crippen LogP contribution in [0.5, 0.6) is 0 Å². The molecule has 2 unspecified atom stereocenters. The number of amides is 2. The minimum atomic E-state index is -4.59. The van der Waals surface area contributed by atoms with Crippen molar-refractivity contribution in [2.24, 2.45) is 0 Å². The summed E-state index contributed by atoms with van der Waals surface area (Å²) in [6.07, 6.45) is -2.46. The van der Waals surface area contributed by atoms with Gasteiger partial charge in [0.1, 0.15) is 24.4 Å². The Bertz CT molecular complexity index is 675. The van der Waals surface area contributed by atoms with Gasteiger partial charge in [-0.1, -0.05) is 0 Å². The van der Waals surface area contributed by atoms with E-state index < -0.39 is 51.0 Å². The largest absolute Gasteiger partial charge is 0.469 e. The van der Waals surface area contributed by atoms with Gasteiger partial charge >= 0.3 is 7.82 Å². The monoisotopic (exact) mass is 484 g/mol. The number of unbranched alkanes of at least 4 members (excludes halogenated alkanes) is 1. The molecule has 32 heavy (non-hydrogen) atoms. The molecule has 0 aliphatic carbocycles. The van der Waals surface area contributed by atoms with Gasteiger partial charge in [0.25, 0.3) is 0 Å². The lowest BCUT2D eigenvalue weighted by molar-refractivity contribution is -0.270. The van der Waals surface area contributed by atoms with Gasteiger partial charge in [0, 0.05) is 26.5 Å². The van der Waals surface area contributed by atoms with E-state index in [1.165, 1.54) is 6.92 Å². The van der Waals surface area contributed by atoms with E-state index in [2.05, 4.69) is 9.84 Å². The van der Waals surface area contributed by atoms with E-state index in [1.807, 2.05) is 0 Å². The number of carbonyl (C=O) groups is 2. The van der Waals surface area contributed by atoms with Gasteiger partial charge in [0.2, 0.25) is 11.8 Å². The molecular weight excluding hydrogens is 451 g/mol. The Morgan fingerprint density at radius 1 is 1.22 bits per heavy atom. The van der Waals surface area contributed by atoms with Crippen LogP contribution in [0.15, 0.2) is 0 Å². The van der Waals surface area contributed by atoms with Crippen molar-refractivity contribution in [3.63, 3.8) is 0 Å². The molecule has 186 valence electrons. The van der Waals surface area contributed by atoms with Crippen molar-refractivity contribution in [1.29, 1.82) is 0 Å². The van der Waals surface area contributed by atoms with E-state index in [4.69, 9.17) is 19.3 Å². The van der Waals surface area contributed by atoms with Gasteiger partial charge in [0.15, 0.2) is 6.29 Å². The molecule has 0 aromatic rings. The van der Waals surface area contributed by atoms with E-state index in [9.17, 15) is 29.5 Å². The zero-order valence-corrected chi connectivity index (χ0v) is 18.8. The fourth-order valence-corrected chi connectivity index (χ4v) is 4.22. The minimum absolute atomic E-state index is 0.139. The van der Waals surface area contributed by atoms with Crippen LogP contribution in [0.4, 0.5) is 0 Å². The number of aliphatic hydroxyl groups excluding tert-OH is 3. The molecule has 0 spiro atoms. The van der Waals surface area contributed by atoms with Crippen LogP contribution in [0.2, 0.25) is 0 Å². The van der Waals surface area contributed by atoms with E-state index in [1.54, 1.807) is 4.90 Å². The average molecular weight is 484 g/mol. The number of aliphatic hydroxyl groups is 3. The summed E-state index contributed by atoms with van der Waals surface area (Å²) >= 11 is 0. The third-order valence-electron chi connectivity index (χ3n) is 5.45. The smallest absolute Gasteiger partial charge is 0.394 e. The van der Waals surface area contributed by atoms with Crippen LogP contribution in [0, 0.1) is 0 Å². The predicted octanol–water partition coefficient (Wildman–Crippen LogP) is -1.78. The number of carbonyl (C=O) groups excluding carboxylic acids is 2. The van der Waals surface area contributed by atoms with Gasteiger partial charge in [-0.15, -0.1) is 0 Å². The Morgan fingerprint density at radius 2 is 1.94 bits per heavy atom. The highest BCUT2D eigenvalue weighted by molar-refractivity contribution is 7.46. The molecule has 0 bridgehead atoms. The fraction of sp³-hybridized carbons (Fsp3) is 0.889. The van der Waals surface area contributed by atoms with Crippen molar-refractivity contribution in [1.82, 2.24) is 10.2 Å². The Balaban J connectivity index is 1.77. The number of ether oxygens (including phenoxy) is 2. The number of hydrogen-bond acceptors (Lipinski definition) is 9. The first-order valence-corrected chi connectivity index (χ1v) is 12.1. The summed E-state index contributed by atoms with van der Waals surface area (Å²) < 4.78 is 26.5. The third-order valence-corrected chi connectivity index (χ3v) is 5.94. The quantitative estimate of drug-likeness (QED) is 0.143. The lowest BCUT2D eigenvalue weighted by Gasteiger charge is -2.42. The van der Waals surface area contributed by atoms with Crippen LogP contribution in [-0.4, -0.2) is 105 Å². The van der Waals surface area contributed by atoms with Gasteiger partial charge in [0.05, 0.1) is 19.3 Å². The molecule has 2 aliphatic heterocycles. The number of rotatable bonds is 11. The van der Waals surface area contributed by atoms with Crippen molar-refractivity contribution in [3.8, 4) is 0 Å². The highest BCUT2D eigenvalue weighted by Crippen LogP contribution is 2.37. The maximum atomic E-state index is 12.5. The molecule has 0 aromatic carbocycles. The molecule has 2 aliphatic rings. The lowest BCUT2D eigenvalue weighted by atomic mass is 9.97. The summed E-state index contributed by atoms with van der Waals surface area (Å²) in [4.78, 5) is 43.1. The molecule has 0 radical (unpaired) electrons. The summed E-state index contributed by atoms with van der Waals surface area (Å²) in [5, 5.41) is 32.0. The Hall–Kier alpha value is -1.15. The molecule has 2 saturated heterocycles. The summed E-state index contributed by atoms with van der Waals surface area (Å²) in [5.74, 6) is -0.597. The lowest BCUT2D eigenvalue weighted by Crippen LogP contribution is -2.64. The molecule has 13 nitrogen and oxygen atoms in total. The van der Waals surface area contributed by atoms with Crippen LogP contribution >= 0.6 is 7.82 Å².